The number of carbonyl (C=O) groups is 1. The van der Waals surface area contributed by atoms with Crippen LogP contribution in [0.25, 0.3) is 0 Å². The van der Waals surface area contributed by atoms with Crippen LogP contribution < -0.4 is 14.8 Å². The molecule has 1 amide bonds. The standard InChI is InChI=1S/C14H11NO3/c16-14(15-10-5-2-1-3-6-10)11-7-4-8-12-13(11)18-9-17-12/h1-8H,9H2,(H,15,16). The average Bonchev–Trinajstić information content (AvgIpc) is 2.87. The summed E-state index contributed by atoms with van der Waals surface area (Å²) in [5, 5.41) is 2.81. The molecule has 0 saturated heterocycles. The second kappa shape index (κ2) is 4.41. The van der Waals surface area contributed by atoms with Gasteiger partial charge in [-0.1, -0.05) is 24.3 Å². The van der Waals surface area contributed by atoms with Crippen LogP contribution in [0.15, 0.2) is 48.5 Å². The quantitative estimate of drug-likeness (QED) is 0.879. The fourth-order valence-corrected chi connectivity index (χ4v) is 1.83. The van der Waals surface area contributed by atoms with E-state index in [0.29, 0.717) is 17.1 Å². The molecular formula is C14H11NO3. The molecule has 18 heavy (non-hydrogen) atoms. The minimum Gasteiger partial charge on any atom is -0.454 e. The van der Waals surface area contributed by atoms with E-state index in [4.69, 9.17) is 9.47 Å². The van der Waals surface area contributed by atoms with Crippen molar-refractivity contribution in [2.24, 2.45) is 0 Å². The topological polar surface area (TPSA) is 47.6 Å². The molecule has 3 rings (SSSR count). The maximum absolute atomic E-state index is 12.1. The zero-order chi connectivity index (χ0) is 12.4. The van der Waals surface area contributed by atoms with Gasteiger partial charge in [0.1, 0.15) is 0 Å². The van der Waals surface area contributed by atoms with Gasteiger partial charge in [0.05, 0.1) is 5.56 Å². The summed E-state index contributed by atoms with van der Waals surface area (Å²) in [5.74, 6) is 0.908. The van der Waals surface area contributed by atoms with Crippen molar-refractivity contribution >= 4 is 11.6 Å². The molecule has 90 valence electrons. The molecule has 2 aromatic rings. The maximum atomic E-state index is 12.1. The van der Waals surface area contributed by atoms with Crippen molar-refractivity contribution in [3.05, 3.63) is 54.1 Å². The first-order valence-electron chi connectivity index (χ1n) is 5.59. The van der Waals surface area contributed by atoms with Gasteiger partial charge in [-0.15, -0.1) is 0 Å². The molecule has 0 spiro atoms. The number of carbonyl (C=O) groups excluding carboxylic acids is 1. The van der Waals surface area contributed by atoms with Crippen molar-refractivity contribution in [3.8, 4) is 11.5 Å². The van der Waals surface area contributed by atoms with Crippen LogP contribution in [0.2, 0.25) is 0 Å². The molecule has 4 heteroatoms. The first-order valence-corrected chi connectivity index (χ1v) is 5.59. The normalized spacial score (nSPS) is 12.2. The van der Waals surface area contributed by atoms with Gasteiger partial charge >= 0.3 is 0 Å². The molecular weight excluding hydrogens is 230 g/mol. The molecule has 4 nitrogen and oxygen atoms in total. The molecule has 0 unspecified atom stereocenters. The third-order valence-corrected chi connectivity index (χ3v) is 2.67. The van der Waals surface area contributed by atoms with E-state index >= 15 is 0 Å². The summed E-state index contributed by atoms with van der Waals surface area (Å²) < 4.78 is 10.5. The number of benzene rings is 2. The molecule has 0 radical (unpaired) electrons. The average molecular weight is 241 g/mol. The number of ether oxygens (including phenoxy) is 2. The first-order chi connectivity index (χ1) is 8.84. The van der Waals surface area contributed by atoms with E-state index in [9.17, 15) is 4.79 Å². The van der Waals surface area contributed by atoms with E-state index in [0.717, 1.165) is 5.69 Å². The first kappa shape index (κ1) is 10.7. The minimum absolute atomic E-state index is 0.158. The minimum atomic E-state index is -0.205. The van der Waals surface area contributed by atoms with Crippen LogP contribution in [-0.4, -0.2) is 12.7 Å². The summed E-state index contributed by atoms with van der Waals surface area (Å²) >= 11 is 0. The Kier molecular flexibility index (Phi) is 2.61. The van der Waals surface area contributed by atoms with Crippen LogP contribution in [0.1, 0.15) is 10.4 Å². The molecule has 2 aromatic carbocycles. The highest BCUT2D eigenvalue weighted by atomic mass is 16.7. The van der Waals surface area contributed by atoms with E-state index in [-0.39, 0.29) is 12.7 Å². The van der Waals surface area contributed by atoms with Gasteiger partial charge in [-0.3, -0.25) is 4.79 Å². The Morgan fingerprint density at radius 3 is 2.67 bits per heavy atom. The van der Waals surface area contributed by atoms with Crippen LogP contribution in [0.4, 0.5) is 5.69 Å². The molecule has 0 bridgehead atoms. The number of para-hydroxylation sites is 2. The third-order valence-electron chi connectivity index (χ3n) is 2.67. The number of rotatable bonds is 2. The molecule has 0 aliphatic carbocycles. The molecule has 1 N–H and O–H groups in total. The van der Waals surface area contributed by atoms with Gasteiger partial charge in [-0.25, -0.2) is 0 Å². The molecule has 1 heterocycles. The summed E-state index contributed by atoms with van der Waals surface area (Å²) in [6, 6.07) is 14.6. The van der Waals surface area contributed by atoms with E-state index in [2.05, 4.69) is 5.32 Å². The summed E-state index contributed by atoms with van der Waals surface area (Å²) in [5.41, 5.74) is 1.23. The Balaban J connectivity index is 1.88. The molecule has 0 fully saturated rings. The van der Waals surface area contributed by atoms with Gasteiger partial charge in [0.25, 0.3) is 5.91 Å². The van der Waals surface area contributed by atoms with Crippen molar-refractivity contribution < 1.29 is 14.3 Å². The molecule has 1 aliphatic heterocycles. The van der Waals surface area contributed by atoms with E-state index < -0.39 is 0 Å². The fourth-order valence-electron chi connectivity index (χ4n) is 1.83. The second-order valence-electron chi connectivity index (χ2n) is 3.86. The maximum Gasteiger partial charge on any atom is 0.259 e. The van der Waals surface area contributed by atoms with E-state index in [1.165, 1.54) is 0 Å². The highest BCUT2D eigenvalue weighted by molar-refractivity contribution is 6.06. The Hall–Kier alpha value is -2.49. The predicted octanol–water partition coefficient (Wildman–Crippen LogP) is 2.67. The van der Waals surface area contributed by atoms with Gasteiger partial charge in [-0.05, 0) is 24.3 Å². The van der Waals surface area contributed by atoms with Crippen LogP contribution in [0.5, 0.6) is 11.5 Å². The molecule has 1 aliphatic rings. The summed E-state index contributed by atoms with van der Waals surface area (Å²) in [7, 11) is 0. The lowest BCUT2D eigenvalue weighted by atomic mass is 10.1. The SMILES string of the molecule is O=C(Nc1ccccc1)c1cccc2c1OCO2. The zero-order valence-corrected chi connectivity index (χ0v) is 9.55. The van der Waals surface area contributed by atoms with Gasteiger partial charge < -0.3 is 14.8 Å². The Morgan fingerprint density at radius 2 is 1.83 bits per heavy atom. The lowest BCUT2D eigenvalue weighted by molar-refractivity contribution is 0.102. The van der Waals surface area contributed by atoms with Crippen molar-refractivity contribution in [2.75, 3.05) is 12.1 Å². The van der Waals surface area contributed by atoms with Crippen LogP contribution in [0.3, 0.4) is 0 Å². The Bertz CT molecular complexity index is 581. The highest BCUT2D eigenvalue weighted by Gasteiger charge is 2.21. The zero-order valence-electron chi connectivity index (χ0n) is 9.55. The highest BCUT2D eigenvalue weighted by Crippen LogP contribution is 2.35. The summed E-state index contributed by atoms with van der Waals surface area (Å²) in [4.78, 5) is 12.1. The molecule has 0 atom stereocenters. The number of nitrogens with one attached hydrogen (secondary N) is 1. The number of amides is 1. The smallest absolute Gasteiger partial charge is 0.259 e. The van der Waals surface area contributed by atoms with E-state index in [1.807, 2.05) is 30.3 Å². The van der Waals surface area contributed by atoms with Gasteiger partial charge in [0, 0.05) is 5.69 Å². The predicted molar refractivity (Wildman–Crippen MR) is 67.0 cm³/mol. The molecule has 0 aromatic heterocycles. The number of hydrogen-bond donors (Lipinski definition) is 1. The number of anilines is 1. The number of fused-ring (bicyclic) bond motifs is 1. The second-order valence-corrected chi connectivity index (χ2v) is 3.86. The largest absolute Gasteiger partial charge is 0.454 e. The van der Waals surface area contributed by atoms with Gasteiger partial charge in [0.15, 0.2) is 11.5 Å². The van der Waals surface area contributed by atoms with Crippen molar-refractivity contribution in [1.82, 2.24) is 0 Å². The van der Waals surface area contributed by atoms with Gasteiger partial charge in [0.2, 0.25) is 6.79 Å². The number of hydrogen-bond acceptors (Lipinski definition) is 3. The monoisotopic (exact) mass is 241 g/mol. The molecule has 0 saturated carbocycles. The van der Waals surface area contributed by atoms with Gasteiger partial charge in [-0.2, -0.15) is 0 Å². The van der Waals surface area contributed by atoms with Crippen molar-refractivity contribution in [1.29, 1.82) is 0 Å². The van der Waals surface area contributed by atoms with Crippen molar-refractivity contribution in [3.63, 3.8) is 0 Å². The van der Waals surface area contributed by atoms with Crippen LogP contribution >= 0.6 is 0 Å². The lowest BCUT2D eigenvalue weighted by Gasteiger charge is -2.07. The lowest BCUT2D eigenvalue weighted by Crippen LogP contribution is -2.12. The third kappa shape index (κ3) is 1.88. The van der Waals surface area contributed by atoms with Crippen LogP contribution in [0, 0.1) is 0 Å². The van der Waals surface area contributed by atoms with Crippen LogP contribution in [-0.2, 0) is 0 Å². The fraction of sp³-hybridized carbons (Fsp3) is 0.0714. The van der Waals surface area contributed by atoms with Crippen molar-refractivity contribution in [2.45, 2.75) is 0 Å². The summed E-state index contributed by atoms with van der Waals surface area (Å²) in [6.07, 6.45) is 0. The Labute approximate surface area is 104 Å². The summed E-state index contributed by atoms with van der Waals surface area (Å²) in [6.45, 7) is 0.158. The Morgan fingerprint density at radius 1 is 1.00 bits per heavy atom. The van der Waals surface area contributed by atoms with E-state index in [1.54, 1.807) is 18.2 Å².